The smallest absolute Gasteiger partial charge is 0.311 e. The minimum Gasteiger partial charge on any atom is -0.469 e. The summed E-state index contributed by atoms with van der Waals surface area (Å²) in [6.07, 6.45) is 0.0117. The molecule has 0 saturated carbocycles. The SMILES string of the molecule is COC(=O)C1CC(=O)N(c2cc(C)ccc2[N+](=O)[O-])C1. The fourth-order valence-electron chi connectivity index (χ4n) is 2.27. The lowest BCUT2D eigenvalue weighted by atomic mass is 10.1. The zero-order chi connectivity index (χ0) is 14.9. The van der Waals surface area contributed by atoms with Crippen molar-refractivity contribution in [2.75, 3.05) is 18.6 Å². The van der Waals surface area contributed by atoms with Crippen LogP contribution in [0.15, 0.2) is 18.2 Å². The molecule has 0 radical (unpaired) electrons. The molecule has 0 spiro atoms. The molecule has 1 aliphatic heterocycles. The highest BCUT2D eigenvalue weighted by Crippen LogP contribution is 2.33. The fourth-order valence-corrected chi connectivity index (χ4v) is 2.27. The van der Waals surface area contributed by atoms with E-state index in [0.717, 1.165) is 5.56 Å². The summed E-state index contributed by atoms with van der Waals surface area (Å²) in [6.45, 7) is 1.89. The number of ether oxygens (including phenoxy) is 1. The number of nitrogens with zero attached hydrogens (tertiary/aromatic N) is 2. The van der Waals surface area contributed by atoms with Gasteiger partial charge in [0.05, 0.1) is 18.0 Å². The van der Waals surface area contributed by atoms with Gasteiger partial charge in [-0.05, 0) is 18.6 Å². The quantitative estimate of drug-likeness (QED) is 0.474. The molecule has 1 unspecified atom stereocenters. The Kier molecular flexibility index (Phi) is 3.69. The highest BCUT2D eigenvalue weighted by Gasteiger charge is 2.38. The van der Waals surface area contributed by atoms with E-state index in [4.69, 9.17) is 0 Å². The van der Waals surface area contributed by atoms with E-state index in [9.17, 15) is 19.7 Å². The van der Waals surface area contributed by atoms with Crippen molar-refractivity contribution in [2.45, 2.75) is 13.3 Å². The number of esters is 1. The normalized spacial score (nSPS) is 18.2. The highest BCUT2D eigenvalue weighted by molar-refractivity contribution is 6.01. The van der Waals surface area contributed by atoms with E-state index in [0.29, 0.717) is 0 Å². The van der Waals surface area contributed by atoms with Gasteiger partial charge in [-0.1, -0.05) is 6.07 Å². The number of benzene rings is 1. The van der Waals surface area contributed by atoms with Crippen LogP contribution in [0.2, 0.25) is 0 Å². The lowest BCUT2D eigenvalue weighted by molar-refractivity contribution is -0.384. The maximum Gasteiger partial charge on any atom is 0.311 e. The summed E-state index contributed by atoms with van der Waals surface area (Å²) in [5, 5.41) is 11.0. The number of nitro benzene ring substituents is 1. The van der Waals surface area contributed by atoms with Gasteiger partial charge in [-0.3, -0.25) is 19.7 Å². The minimum absolute atomic E-state index is 0.0117. The summed E-state index contributed by atoms with van der Waals surface area (Å²) in [5.41, 5.74) is 0.890. The molecule has 2 rings (SSSR count). The van der Waals surface area contributed by atoms with Crippen LogP contribution in [0.25, 0.3) is 0 Å². The van der Waals surface area contributed by atoms with Crippen molar-refractivity contribution >= 4 is 23.3 Å². The number of hydrogen-bond donors (Lipinski definition) is 0. The molecular formula is C13H14N2O5. The van der Waals surface area contributed by atoms with Crippen LogP contribution in [0.3, 0.4) is 0 Å². The minimum atomic E-state index is -0.576. The second kappa shape index (κ2) is 5.28. The fraction of sp³-hybridized carbons (Fsp3) is 0.385. The third-order valence-electron chi connectivity index (χ3n) is 3.28. The second-order valence-electron chi connectivity index (χ2n) is 4.68. The van der Waals surface area contributed by atoms with Gasteiger partial charge < -0.3 is 9.64 Å². The van der Waals surface area contributed by atoms with Crippen molar-refractivity contribution in [1.82, 2.24) is 0 Å². The summed E-state index contributed by atoms with van der Waals surface area (Å²) in [6, 6.07) is 4.55. The zero-order valence-corrected chi connectivity index (χ0v) is 11.2. The van der Waals surface area contributed by atoms with E-state index in [1.807, 2.05) is 0 Å². The Labute approximate surface area is 115 Å². The molecule has 1 aromatic rings. The zero-order valence-electron chi connectivity index (χ0n) is 11.2. The third-order valence-corrected chi connectivity index (χ3v) is 3.28. The summed E-state index contributed by atoms with van der Waals surface area (Å²) in [4.78, 5) is 35.3. The number of methoxy groups -OCH3 is 1. The first-order chi connectivity index (χ1) is 9.43. The van der Waals surface area contributed by atoms with Crippen LogP contribution in [-0.2, 0) is 14.3 Å². The third kappa shape index (κ3) is 2.47. The largest absolute Gasteiger partial charge is 0.469 e. The lowest BCUT2D eigenvalue weighted by Crippen LogP contribution is -2.27. The van der Waals surface area contributed by atoms with Crippen LogP contribution < -0.4 is 4.90 Å². The molecule has 1 amide bonds. The molecule has 0 bridgehead atoms. The van der Waals surface area contributed by atoms with Crippen molar-refractivity contribution < 1.29 is 19.2 Å². The Morgan fingerprint density at radius 2 is 2.20 bits per heavy atom. The standard InChI is InChI=1S/C13H14N2O5/c1-8-3-4-10(15(18)19)11(5-8)14-7-9(6-12(14)16)13(17)20-2/h3-5,9H,6-7H2,1-2H3. The second-order valence-corrected chi connectivity index (χ2v) is 4.68. The Bertz CT molecular complexity index is 584. The van der Waals surface area contributed by atoms with Gasteiger partial charge in [0, 0.05) is 19.0 Å². The maximum atomic E-state index is 12.0. The number of amides is 1. The lowest BCUT2D eigenvalue weighted by Gasteiger charge is -2.16. The van der Waals surface area contributed by atoms with Gasteiger partial charge in [-0.2, -0.15) is 0 Å². The van der Waals surface area contributed by atoms with E-state index in [1.165, 1.54) is 18.1 Å². The number of carbonyl (C=O) groups is 2. The Morgan fingerprint density at radius 3 is 2.80 bits per heavy atom. The van der Waals surface area contributed by atoms with Crippen molar-refractivity contribution in [3.8, 4) is 0 Å². The molecule has 1 aliphatic rings. The van der Waals surface area contributed by atoms with E-state index in [2.05, 4.69) is 4.74 Å². The molecule has 7 heteroatoms. The Hall–Kier alpha value is -2.44. The molecule has 106 valence electrons. The molecule has 7 nitrogen and oxygen atoms in total. The number of anilines is 1. The van der Waals surface area contributed by atoms with Crippen molar-refractivity contribution in [2.24, 2.45) is 5.92 Å². The van der Waals surface area contributed by atoms with Crippen LogP contribution in [0.4, 0.5) is 11.4 Å². The van der Waals surface area contributed by atoms with Crippen molar-refractivity contribution in [1.29, 1.82) is 0 Å². The Morgan fingerprint density at radius 1 is 1.50 bits per heavy atom. The molecule has 0 aromatic heterocycles. The van der Waals surface area contributed by atoms with Gasteiger partial charge in [0.2, 0.25) is 5.91 Å². The van der Waals surface area contributed by atoms with E-state index >= 15 is 0 Å². The molecule has 0 N–H and O–H groups in total. The summed E-state index contributed by atoms with van der Waals surface area (Å²) in [7, 11) is 1.25. The summed E-state index contributed by atoms with van der Waals surface area (Å²) >= 11 is 0. The maximum absolute atomic E-state index is 12.0. The first kappa shape index (κ1) is 14.0. The van der Waals surface area contributed by atoms with Crippen LogP contribution >= 0.6 is 0 Å². The molecular weight excluding hydrogens is 264 g/mol. The monoisotopic (exact) mass is 278 g/mol. The van der Waals surface area contributed by atoms with Crippen molar-refractivity contribution in [3.05, 3.63) is 33.9 Å². The molecule has 1 heterocycles. The summed E-state index contributed by atoms with van der Waals surface area (Å²) < 4.78 is 4.62. The van der Waals surface area contributed by atoms with Crippen LogP contribution in [0.5, 0.6) is 0 Å². The first-order valence-corrected chi connectivity index (χ1v) is 6.07. The van der Waals surface area contributed by atoms with Crippen LogP contribution in [-0.4, -0.2) is 30.5 Å². The molecule has 1 fully saturated rings. The topological polar surface area (TPSA) is 89.8 Å². The van der Waals surface area contributed by atoms with Gasteiger partial charge in [-0.25, -0.2) is 0 Å². The first-order valence-electron chi connectivity index (χ1n) is 6.07. The number of nitro groups is 1. The highest BCUT2D eigenvalue weighted by atomic mass is 16.6. The average Bonchev–Trinajstić information content (AvgIpc) is 2.79. The predicted octanol–water partition coefficient (Wildman–Crippen LogP) is 1.43. The van der Waals surface area contributed by atoms with E-state index in [-0.39, 0.29) is 30.2 Å². The van der Waals surface area contributed by atoms with Crippen molar-refractivity contribution in [3.63, 3.8) is 0 Å². The van der Waals surface area contributed by atoms with Gasteiger partial charge in [0.1, 0.15) is 5.69 Å². The molecule has 1 aromatic carbocycles. The van der Waals surface area contributed by atoms with Gasteiger partial charge in [0.25, 0.3) is 5.69 Å². The van der Waals surface area contributed by atoms with E-state index in [1.54, 1.807) is 19.1 Å². The number of hydrogen-bond acceptors (Lipinski definition) is 5. The van der Waals surface area contributed by atoms with Gasteiger partial charge in [-0.15, -0.1) is 0 Å². The Balaban J connectivity index is 2.37. The van der Waals surface area contributed by atoms with E-state index < -0.39 is 16.8 Å². The summed E-state index contributed by atoms with van der Waals surface area (Å²) in [5.74, 6) is -1.36. The molecule has 1 saturated heterocycles. The number of rotatable bonds is 3. The van der Waals surface area contributed by atoms with Gasteiger partial charge >= 0.3 is 5.97 Å². The molecule has 20 heavy (non-hydrogen) atoms. The molecule has 0 aliphatic carbocycles. The predicted molar refractivity (Wildman–Crippen MR) is 70.3 cm³/mol. The van der Waals surface area contributed by atoms with Crippen LogP contribution in [0, 0.1) is 23.0 Å². The van der Waals surface area contributed by atoms with Crippen LogP contribution in [0.1, 0.15) is 12.0 Å². The average molecular weight is 278 g/mol. The molecule has 1 atom stereocenters. The van der Waals surface area contributed by atoms with Gasteiger partial charge in [0.15, 0.2) is 0 Å². The number of aryl methyl sites for hydroxylation is 1. The number of carbonyl (C=O) groups excluding carboxylic acids is 2.